The lowest BCUT2D eigenvalue weighted by atomic mass is 9.86. The third-order valence-corrected chi connectivity index (χ3v) is 8.86. The number of sulfonamides is 1. The summed E-state index contributed by atoms with van der Waals surface area (Å²) >= 11 is 0. The zero-order chi connectivity index (χ0) is 29.8. The first-order valence-electron chi connectivity index (χ1n) is 14.7. The third-order valence-electron chi connectivity index (χ3n) is 7.51. The Hall–Kier alpha value is -3.27. The highest BCUT2D eigenvalue weighted by Gasteiger charge is 2.22. The lowest BCUT2D eigenvalue weighted by Gasteiger charge is -2.20. The normalized spacial score (nSPS) is 14.8. The number of carbonyl (C=O) groups excluding carboxylic acids is 3. The largest absolute Gasteiger partial charge is 0.457 e. The number of amides is 2. The molecule has 1 fully saturated rings. The summed E-state index contributed by atoms with van der Waals surface area (Å²) in [5.41, 5.74) is 0.908. The topological polar surface area (TPSA) is 132 Å². The van der Waals surface area contributed by atoms with Gasteiger partial charge in [-0.15, -0.1) is 0 Å². The monoisotopic (exact) mass is 585 g/mol. The van der Waals surface area contributed by atoms with Crippen LogP contribution in [-0.2, 0) is 26.0 Å². The highest BCUT2D eigenvalue weighted by Crippen LogP contribution is 2.27. The van der Waals surface area contributed by atoms with Gasteiger partial charge in [0, 0.05) is 19.2 Å². The summed E-state index contributed by atoms with van der Waals surface area (Å²) in [6.45, 7) is 6.43. The molecule has 0 bridgehead atoms. The van der Waals surface area contributed by atoms with Gasteiger partial charge in [-0.2, -0.15) is 0 Å². The second kappa shape index (κ2) is 15.7. The van der Waals surface area contributed by atoms with Crippen molar-refractivity contribution in [2.45, 2.75) is 96.0 Å². The number of ether oxygens (including phenoxy) is 1. The molecule has 10 heteroatoms. The van der Waals surface area contributed by atoms with Crippen molar-refractivity contribution in [3.8, 4) is 0 Å². The van der Waals surface area contributed by atoms with E-state index in [0.29, 0.717) is 25.3 Å². The average Bonchev–Trinajstić information content (AvgIpc) is 2.96. The number of pyridine rings is 1. The summed E-state index contributed by atoms with van der Waals surface area (Å²) in [5.74, 6) is -0.575. The molecule has 1 aromatic carbocycles. The molecule has 0 aliphatic heterocycles. The van der Waals surface area contributed by atoms with Gasteiger partial charge >= 0.3 is 5.97 Å². The maximum absolute atomic E-state index is 12.8. The first-order chi connectivity index (χ1) is 19.6. The summed E-state index contributed by atoms with van der Waals surface area (Å²) in [5, 5.41) is 2.94. The first kappa shape index (κ1) is 32.2. The number of aromatic nitrogens is 1. The maximum atomic E-state index is 12.8. The summed E-state index contributed by atoms with van der Waals surface area (Å²) < 4.78 is 33.1. The Kier molecular flexibility index (Phi) is 12.3. The van der Waals surface area contributed by atoms with Crippen LogP contribution in [-0.4, -0.2) is 43.8 Å². The fraction of sp³-hybridized carbons (Fsp3) is 0.548. The molecule has 1 aliphatic carbocycles. The zero-order valence-electron chi connectivity index (χ0n) is 24.4. The number of rotatable bonds is 14. The van der Waals surface area contributed by atoms with E-state index in [1.165, 1.54) is 56.4 Å². The van der Waals surface area contributed by atoms with Crippen LogP contribution < -0.4 is 10.0 Å². The molecule has 0 radical (unpaired) electrons. The molecule has 1 saturated carbocycles. The molecular formula is C31H43N3O6S. The molecule has 9 nitrogen and oxygen atoms in total. The van der Waals surface area contributed by atoms with Crippen molar-refractivity contribution in [3.63, 3.8) is 0 Å². The van der Waals surface area contributed by atoms with Crippen molar-refractivity contribution in [1.29, 1.82) is 0 Å². The molecule has 2 amide bonds. The fourth-order valence-electron chi connectivity index (χ4n) is 4.98. The molecule has 3 rings (SSSR count). The number of hydrogen-bond donors (Lipinski definition) is 2. The minimum atomic E-state index is -4.12. The number of esters is 1. The van der Waals surface area contributed by atoms with Crippen LogP contribution >= 0.6 is 0 Å². The van der Waals surface area contributed by atoms with E-state index in [2.05, 4.69) is 10.3 Å². The van der Waals surface area contributed by atoms with Gasteiger partial charge in [0.2, 0.25) is 5.91 Å². The highest BCUT2D eigenvalue weighted by molar-refractivity contribution is 7.90. The molecule has 1 aliphatic rings. The van der Waals surface area contributed by atoms with Crippen LogP contribution in [0.1, 0.15) is 105 Å². The van der Waals surface area contributed by atoms with Crippen LogP contribution in [0.5, 0.6) is 0 Å². The molecule has 2 aromatic rings. The van der Waals surface area contributed by atoms with Crippen LogP contribution in [0.2, 0.25) is 0 Å². The van der Waals surface area contributed by atoms with Crippen LogP contribution in [0.4, 0.5) is 0 Å². The summed E-state index contributed by atoms with van der Waals surface area (Å²) in [7, 11) is -4.12. The Morgan fingerprint density at radius 2 is 1.73 bits per heavy atom. The summed E-state index contributed by atoms with van der Waals surface area (Å²) in [4.78, 5) is 41.2. The van der Waals surface area contributed by atoms with Gasteiger partial charge in [0.05, 0.1) is 10.5 Å². The van der Waals surface area contributed by atoms with Crippen LogP contribution in [0.3, 0.4) is 0 Å². The molecule has 2 N–H and O–H groups in total. The molecule has 1 aromatic heterocycles. The number of benzene rings is 1. The van der Waals surface area contributed by atoms with Gasteiger partial charge in [-0.25, -0.2) is 22.9 Å². The molecule has 0 spiro atoms. The molecular weight excluding hydrogens is 542 g/mol. The van der Waals surface area contributed by atoms with Gasteiger partial charge in [-0.1, -0.05) is 71.4 Å². The van der Waals surface area contributed by atoms with Crippen molar-refractivity contribution in [2.24, 2.45) is 11.8 Å². The van der Waals surface area contributed by atoms with Gasteiger partial charge < -0.3 is 10.1 Å². The Morgan fingerprint density at radius 3 is 2.34 bits per heavy atom. The molecule has 41 heavy (non-hydrogen) atoms. The predicted molar refractivity (Wildman–Crippen MR) is 157 cm³/mol. The van der Waals surface area contributed by atoms with Gasteiger partial charge in [-0.3, -0.25) is 9.59 Å². The van der Waals surface area contributed by atoms with Crippen molar-refractivity contribution in [3.05, 3.63) is 59.4 Å². The third kappa shape index (κ3) is 10.3. The van der Waals surface area contributed by atoms with Gasteiger partial charge in [-0.05, 0) is 60.9 Å². The van der Waals surface area contributed by atoms with Gasteiger partial charge in [0.15, 0.2) is 0 Å². The predicted octanol–water partition coefficient (Wildman–Crippen LogP) is 5.20. The van der Waals surface area contributed by atoms with Gasteiger partial charge in [0.1, 0.15) is 11.8 Å². The first-order valence-corrected chi connectivity index (χ1v) is 16.2. The fourth-order valence-corrected chi connectivity index (χ4v) is 5.95. The quantitative estimate of drug-likeness (QED) is 0.291. The van der Waals surface area contributed by atoms with Crippen molar-refractivity contribution in [1.82, 2.24) is 15.0 Å². The molecule has 1 heterocycles. The summed E-state index contributed by atoms with van der Waals surface area (Å²) in [6.07, 6.45) is 10.9. The minimum absolute atomic E-state index is 0.00468. The maximum Gasteiger partial charge on any atom is 0.357 e. The van der Waals surface area contributed by atoms with E-state index >= 15 is 0 Å². The van der Waals surface area contributed by atoms with Crippen molar-refractivity contribution in [2.75, 3.05) is 6.54 Å². The SMILES string of the molecule is CCCC(OC(=O)c1ccc(C(=O)NS(=O)(=O)c2ccc(CCNC(=O)CCC3CCCCC3)cc2)cn1)C(C)C. The van der Waals surface area contributed by atoms with E-state index in [9.17, 15) is 22.8 Å². The Labute approximate surface area is 243 Å². The molecule has 1 unspecified atom stereocenters. The van der Waals surface area contributed by atoms with E-state index in [1.54, 1.807) is 12.1 Å². The lowest BCUT2D eigenvalue weighted by molar-refractivity contribution is -0.121. The number of carbonyl (C=O) groups is 3. The van der Waals surface area contributed by atoms with E-state index in [-0.39, 0.29) is 34.1 Å². The number of hydrogen-bond acceptors (Lipinski definition) is 7. The zero-order valence-corrected chi connectivity index (χ0v) is 25.2. The lowest BCUT2D eigenvalue weighted by Crippen LogP contribution is -2.31. The Balaban J connectivity index is 1.47. The van der Waals surface area contributed by atoms with E-state index in [0.717, 1.165) is 31.0 Å². The number of nitrogens with zero attached hydrogens (tertiary/aromatic N) is 1. The van der Waals surface area contributed by atoms with Crippen LogP contribution in [0.15, 0.2) is 47.5 Å². The Bertz CT molecular complexity index is 1250. The number of nitrogens with one attached hydrogen (secondary N) is 2. The summed E-state index contributed by atoms with van der Waals surface area (Å²) in [6, 6.07) is 8.86. The standard InChI is InChI=1S/C31H43N3O6S/c1-4-8-28(22(2)3)40-31(37)27-17-14-25(21-33-27)30(36)34-41(38,39)26-15-11-24(12-16-26)19-20-32-29(35)18-13-23-9-6-5-7-10-23/h11-12,14-17,21-23,28H,4-10,13,18-20H2,1-3H3,(H,32,35)(H,34,36). The van der Waals surface area contributed by atoms with E-state index < -0.39 is 21.9 Å². The van der Waals surface area contributed by atoms with Crippen molar-refractivity contribution < 1.29 is 27.5 Å². The second-order valence-corrected chi connectivity index (χ2v) is 12.8. The molecule has 224 valence electrons. The smallest absolute Gasteiger partial charge is 0.357 e. The Morgan fingerprint density at radius 1 is 1.02 bits per heavy atom. The minimum Gasteiger partial charge on any atom is -0.457 e. The van der Waals surface area contributed by atoms with Crippen LogP contribution in [0.25, 0.3) is 0 Å². The van der Waals surface area contributed by atoms with Crippen LogP contribution in [0, 0.1) is 11.8 Å². The second-order valence-electron chi connectivity index (χ2n) is 11.1. The van der Waals surface area contributed by atoms with Crippen molar-refractivity contribution >= 4 is 27.8 Å². The average molecular weight is 586 g/mol. The van der Waals surface area contributed by atoms with Gasteiger partial charge in [0.25, 0.3) is 15.9 Å². The van der Waals surface area contributed by atoms with E-state index in [1.807, 2.05) is 25.5 Å². The molecule has 0 saturated heterocycles. The highest BCUT2D eigenvalue weighted by atomic mass is 32.2. The van der Waals surface area contributed by atoms with E-state index in [4.69, 9.17) is 4.74 Å². The molecule has 1 atom stereocenters.